The van der Waals surface area contributed by atoms with Crippen LogP contribution in [0.1, 0.15) is 47.4 Å². The van der Waals surface area contributed by atoms with Crippen LogP contribution in [0.5, 0.6) is 0 Å². The molecule has 0 saturated carbocycles. The van der Waals surface area contributed by atoms with Crippen LogP contribution in [-0.4, -0.2) is 6.54 Å². The summed E-state index contributed by atoms with van der Waals surface area (Å²) in [6, 6.07) is 8.28. The van der Waals surface area contributed by atoms with E-state index in [0.717, 1.165) is 18.7 Å². The van der Waals surface area contributed by atoms with E-state index in [4.69, 9.17) is 16.0 Å². The van der Waals surface area contributed by atoms with Crippen LogP contribution in [0.25, 0.3) is 0 Å². The van der Waals surface area contributed by atoms with E-state index in [9.17, 15) is 0 Å². The van der Waals surface area contributed by atoms with Crippen LogP contribution in [0.3, 0.4) is 0 Å². The van der Waals surface area contributed by atoms with Gasteiger partial charge in [0.15, 0.2) is 5.22 Å². The second-order valence-electron chi connectivity index (χ2n) is 5.32. The zero-order valence-corrected chi connectivity index (χ0v) is 13.3. The lowest BCUT2D eigenvalue weighted by molar-refractivity contribution is 0.447. The standard InChI is InChI=1S/C17H22ClNO/c1-5-8-19-17(15-6-7-16(18)20-15)14-10-12(3)11(2)9-13(14)4/h6-7,9-10,17,19H,5,8H2,1-4H3. The molecule has 3 heteroatoms. The van der Waals surface area contributed by atoms with E-state index in [-0.39, 0.29) is 6.04 Å². The molecule has 2 rings (SSSR count). The Bertz CT molecular complexity index is 589. The molecule has 1 aromatic heterocycles. The fourth-order valence-electron chi connectivity index (χ4n) is 2.43. The Labute approximate surface area is 126 Å². The number of aryl methyl sites for hydroxylation is 3. The van der Waals surface area contributed by atoms with Crippen LogP contribution in [-0.2, 0) is 0 Å². The third-order valence-electron chi connectivity index (χ3n) is 3.67. The van der Waals surface area contributed by atoms with Gasteiger partial charge in [-0.3, -0.25) is 0 Å². The molecule has 1 N–H and O–H groups in total. The third-order valence-corrected chi connectivity index (χ3v) is 3.87. The monoisotopic (exact) mass is 291 g/mol. The summed E-state index contributed by atoms with van der Waals surface area (Å²) >= 11 is 5.93. The molecule has 1 atom stereocenters. The Hall–Kier alpha value is -1.25. The molecular weight excluding hydrogens is 270 g/mol. The van der Waals surface area contributed by atoms with Gasteiger partial charge in [0.25, 0.3) is 0 Å². The molecule has 108 valence electrons. The highest BCUT2D eigenvalue weighted by molar-refractivity contribution is 6.28. The lowest BCUT2D eigenvalue weighted by Crippen LogP contribution is -2.23. The molecule has 0 spiro atoms. The van der Waals surface area contributed by atoms with Crippen molar-refractivity contribution in [2.45, 2.75) is 40.2 Å². The van der Waals surface area contributed by atoms with Crippen molar-refractivity contribution in [3.8, 4) is 0 Å². The van der Waals surface area contributed by atoms with Crippen molar-refractivity contribution in [2.75, 3.05) is 6.54 Å². The number of nitrogens with one attached hydrogen (secondary N) is 1. The molecule has 0 radical (unpaired) electrons. The van der Waals surface area contributed by atoms with Gasteiger partial charge in [-0.25, -0.2) is 0 Å². The van der Waals surface area contributed by atoms with Gasteiger partial charge < -0.3 is 9.73 Å². The summed E-state index contributed by atoms with van der Waals surface area (Å²) in [5.74, 6) is 0.870. The van der Waals surface area contributed by atoms with Gasteiger partial charge in [-0.05, 0) is 79.7 Å². The highest BCUT2D eigenvalue weighted by atomic mass is 35.5. The van der Waals surface area contributed by atoms with Crippen molar-refractivity contribution in [2.24, 2.45) is 0 Å². The van der Waals surface area contributed by atoms with E-state index in [2.05, 4.69) is 45.1 Å². The molecule has 0 fully saturated rings. The average molecular weight is 292 g/mol. The van der Waals surface area contributed by atoms with Crippen molar-refractivity contribution in [3.63, 3.8) is 0 Å². The van der Waals surface area contributed by atoms with Crippen molar-refractivity contribution in [3.05, 3.63) is 57.5 Å². The highest BCUT2D eigenvalue weighted by Gasteiger charge is 2.19. The second kappa shape index (κ2) is 6.47. The molecule has 0 amide bonds. The van der Waals surface area contributed by atoms with Gasteiger partial charge in [0.1, 0.15) is 5.76 Å². The van der Waals surface area contributed by atoms with Crippen LogP contribution in [0.15, 0.2) is 28.7 Å². The lowest BCUT2D eigenvalue weighted by Gasteiger charge is -2.20. The summed E-state index contributed by atoms with van der Waals surface area (Å²) in [5.41, 5.74) is 5.14. The maximum Gasteiger partial charge on any atom is 0.193 e. The first-order chi connectivity index (χ1) is 9.52. The van der Waals surface area contributed by atoms with Gasteiger partial charge >= 0.3 is 0 Å². The third kappa shape index (κ3) is 3.25. The number of rotatable bonds is 5. The number of furan rings is 1. The van der Waals surface area contributed by atoms with Crippen molar-refractivity contribution < 1.29 is 4.42 Å². The lowest BCUT2D eigenvalue weighted by atomic mass is 9.94. The van der Waals surface area contributed by atoms with Crippen LogP contribution < -0.4 is 5.32 Å². The SMILES string of the molecule is CCCNC(c1ccc(Cl)o1)c1cc(C)c(C)cc1C. The molecule has 1 heterocycles. The van der Waals surface area contributed by atoms with E-state index < -0.39 is 0 Å². The summed E-state index contributed by atoms with van der Waals surface area (Å²) in [7, 11) is 0. The average Bonchev–Trinajstić information content (AvgIpc) is 2.82. The predicted molar refractivity (Wildman–Crippen MR) is 84.5 cm³/mol. The first-order valence-corrected chi connectivity index (χ1v) is 7.47. The first kappa shape index (κ1) is 15.1. The summed E-state index contributed by atoms with van der Waals surface area (Å²) in [6.45, 7) is 9.53. The molecule has 2 nitrogen and oxygen atoms in total. The maximum absolute atomic E-state index is 5.93. The van der Waals surface area contributed by atoms with Crippen molar-refractivity contribution in [1.29, 1.82) is 0 Å². The van der Waals surface area contributed by atoms with E-state index in [1.54, 1.807) is 6.07 Å². The summed E-state index contributed by atoms with van der Waals surface area (Å²) < 4.78 is 5.63. The fourth-order valence-corrected chi connectivity index (χ4v) is 2.58. The molecule has 1 unspecified atom stereocenters. The minimum Gasteiger partial charge on any atom is -0.448 e. The van der Waals surface area contributed by atoms with Gasteiger partial charge in [-0.1, -0.05) is 19.1 Å². The summed E-state index contributed by atoms with van der Waals surface area (Å²) in [6.07, 6.45) is 1.08. The second-order valence-corrected chi connectivity index (χ2v) is 5.69. The molecule has 0 aliphatic carbocycles. The molecule has 20 heavy (non-hydrogen) atoms. The minimum absolute atomic E-state index is 0.0572. The smallest absolute Gasteiger partial charge is 0.193 e. The van der Waals surface area contributed by atoms with Crippen LogP contribution in [0, 0.1) is 20.8 Å². The topological polar surface area (TPSA) is 25.2 Å². The molecule has 2 aromatic rings. The zero-order valence-electron chi connectivity index (χ0n) is 12.6. The Morgan fingerprint density at radius 3 is 2.40 bits per heavy atom. The number of benzene rings is 1. The first-order valence-electron chi connectivity index (χ1n) is 7.09. The molecule has 1 aromatic carbocycles. The van der Waals surface area contributed by atoms with Gasteiger partial charge in [-0.2, -0.15) is 0 Å². The Balaban J connectivity index is 2.43. The fraction of sp³-hybridized carbons (Fsp3) is 0.412. The normalized spacial score (nSPS) is 12.7. The largest absolute Gasteiger partial charge is 0.448 e. The van der Waals surface area contributed by atoms with Gasteiger partial charge in [0.2, 0.25) is 0 Å². The van der Waals surface area contributed by atoms with Gasteiger partial charge in [0, 0.05) is 0 Å². The zero-order chi connectivity index (χ0) is 14.7. The summed E-state index contributed by atoms with van der Waals surface area (Å²) in [5, 5.41) is 3.99. The Morgan fingerprint density at radius 1 is 1.10 bits per heavy atom. The van der Waals surface area contributed by atoms with Crippen LogP contribution in [0.4, 0.5) is 0 Å². The Morgan fingerprint density at radius 2 is 1.80 bits per heavy atom. The van der Waals surface area contributed by atoms with Crippen LogP contribution in [0.2, 0.25) is 5.22 Å². The van der Waals surface area contributed by atoms with Crippen molar-refractivity contribution >= 4 is 11.6 Å². The Kier molecular flexibility index (Phi) is 4.90. The van der Waals surface area contributed by atoms with E-state index in [0.29, 0.717) is 5.22 Å². The van der Waals surface area contributed by atoms with Gasteiger partial charge in [0.05, 0.1) is 6.04 Å². The molecule has 0 saturated heterocycles. The minimum atomic E-state index is 0.0572. The van der Waals surface area contributed by atoms with E-state index in [1.165, 1.54) is 22.3 Å². The number of hydrogen-bond acceptors (Lipinski definition) is 2. The highest BCUT2D eigenvalue weighted by Crippen LogP contribution is 2.29. The van der Waals surface area contributed by atoms with E-state index in [1.807, 2.05) is 6.07 Å². The van der Waals surface area contributed by atoms with Crippen molar-refractivity contribution in [1.82, 2.24) is 5.32 Å². The van der Waals surface area contributed by atoms with Crippen LogP contribution >= 0.6 is 11.6 Å². The molecule has 0 aliphatic heterocycles. The maximum atomic E-state index is 5.93. The molecule has 0 bridgehead atoms. The summed E-state index contributed by atoms with van der Waals surface area (Å²) in [4.78, 5) is 0. The quantitative estimate of drug-likeness (QED) is 0.843. The number of halogens is 1. The number of hydrogen-bond donors (Lipinski definition) is 1. The molecule has 0 aliphatic rings. The van der Waals surface area contributed by atoms with Gasteiger partial charge in [-0.15, -0.1) is 0 Å². The molecular formula is C17H22ClNO. The predicted octanol–water partition coefficient (Wildman–Crippen LogP) is 4.95. The van der Waals surface area contributed by atoms with E-state index >= 15 is 0 Å².